The molecule has 0 saturated carbocycles. The van der Waals surface area contributed by atoms with Crippen molar-refractivity contribution in [2.75, 3.05) is 6.26 Å². The molecule has 1 aromatic rings. The molecule has 1 rings (SSSR count). The van der Waals surface area contributed by atoms with Crippen LogP contribution in [0.5, 0.6) is 0 Å². The monoisotopic (exact) mass is 338 g/mol. The first-order chi connectivity index (χ1) is 11.4. The molecule has 0 bridgehead atoms. The number of hydrogen-bond acceptors (Lipinski definition) is 2. The van der Waals surface area contributed by atoms with Gasteiger partial charge in [-0.15, -0.1) is 0 Å². The Hall–Kier alpha value is -0.440. The third kappa shape index (κ3) is 11.7. The fraction of sp³-hybridized carbons (Fsp3) is 0.850. The third-order valence-electron chi connectivity index (χ3n) is 4.71. The van der Waals surface area contributed by atoms with Crippen LogP contribution >= 0.6 is 11.8 Å². The maximum Gasteiger partial charge on any atom is 0.0945 e. The van der Waals surface area contributed by atoms with Crippen LogP contribution in [0.2, 0.25) is 0 Å². The Balaban J connectivity index is 1.88. The van der Waals surface area contributed by atoms with Gasteiger partial charge >= 0.3 is 0 Å². The molecule has 0 saturated heterocycles. The largest absolute Gasteiger partial charge is 0.337 e. The van der Waals surface area contributed by atoms with Crippen molar-refractivity contribution in [3.05, 3.63) is 18.7 Å². The van der Waals surface area contributed by atoms with Crippen LogP contribution in [0.4, 0.5) is 0 Å². The molecule has 0 aliphatic heterocycles. The zero-order chi connectivity index (χ0) is 16.6. The van der Waals surface area contributed by atoms with Crippen LogP contribution in [-0.4, -0.2) is 21.1 Å². The van der Waals surface area contributed by atoms with E-state index in [0.29, 0.717) is 0 Å². The lowest BCUT2D eigenvalue weighted by molar-refractivity contribution is 0.530. The summed E-state index contributed by atoms with van der Waals surface area (Å²) in [5.74, 6) is 0. The second kappa shape index (κ2) is 15.1. The van der Waals surface area contributed by atoms with Gasteiger partial charge in [0.2, 0.25) is 0 Å². The molecule has 1 aromatic heterocycles. The van der Waals surface area contributed by atoms with Gasteiger partial charge < -0.3 is 4.57 Å². The zero-order valence-electron chi connectivity index (χ0n) is 15.5. The summed E-state index contributed by atoms with van der Waals surface area (Å²) in [4.78, 5) is 4.10. The second-order valence-electron chi connectivity index (χ2n) is 6.77. The van der Waals surface area contributed by atoms with Crippen molar-refractivity contribution in [1.82, 2.24) is 9.55 Å². The van der Waals surface area contributed by atoms with E-state index in [1.807, 2.05) is 12.5 Å². The molecule has 0 aliphatic carbocycles. The molecule has 1 heterocycles. The quantitative estimate of drug-likeness (QED) is 0.312. The molecule has 23 heavy (non-hydrogen) atoms. The van der Waals surface area contributed by atoms with Crippen LogP contribution in [0.3, 0.4) is 0 Å². The van der Waals surface area contributed by atoms with Gasteiger partial charge in [0.1, 0.15) is 0 Å². The molecule has 3 heteroatoms. The third-order valence-corrected chi connectivity index (χ3v) is 5.85. The standard InChI is InChI=1S/C20H38N2S/c1-3-4-5-6-7-8-9-10-11-12-14-20(23-2)15-13-17-22-18-16-21-19-22/h16,18-20H,3-15,17H2,1-2H3. The smallest absolute Gasteiger partial charge is 0.0945 e. The summed E-state index contributed by atoms with van der Waals surface area (Å²) in [6, 6.07) is 0. The van der Waals surface area contributed by atoms with Gasteiger partial charge in [-0.25, -0.2) is 4.98 Å². The maximum atomic E-state index is 4.10. The van der Waals surface area contributed by atoms with E-state index < -0.39 is 0 Å². The van der Waals surface area contributed by atoms with Crippen LogP contribution in [0.15, 0.2) is 18.7 Å². The Labute approximate surface area is 148 Å². The van der Waals surface area contributed by atoms with Crippen molar-refractivity contribution in [3.63, 3.8) is 0 Å². The Kier molecular flexibility index (Phi) is 13.5. The van der Waals surface area contributed by atoms with Gasteiger partial charge in [0.25, 0.3) is 0 Å². The number of thioether (sulfide) groups is 1. The lowest BCUT2D eigenvalue weighted by Crippen LogP contribution is -2.05. The van der Waals surface area contributed by atoms with Crippen LogP contribution in [0, 0.1) is 0 Å². The van der Waals surface area contributed by atoms with Crippen molar-refractivity contribution in [2.24, 2.45) is 0 Å². The summed E-state index contributed by atoms with van der Waals surface area (Å²) in [5.41, 5.74) is 0. The van der Waals surface area contributed by atoms with E-state index in [4.69, 9.17) is 0 Å². The highest BCUT2D eigenvalue weighted by molar-refractivity contribution is 7.99. The molecule has 1 atom stereocenters. The maximum absolute atomic E-state index is 4.10. The van der Waals surface area contributed by atoms with Crippen molar-refractivity contribution in [1.29, 1.82) is 0 Å². The van der Waals surface area contributed by atoms with E-state index in [0.717, 1.165) is 11.8 Å². The van der Waals surface area contributed by atoms with Crippen molar-refractivity contribution in [2.45, 2.75) is 102 Å². The summed E-state index contributed by atoms with van der Waals surface area (Å²) in [6.07, 6.45) is 26.5. The first-order valence-electron chi connectivity index (χ1n) is 9.85. The summed E-state index contributed by atoms with van der Waals surface area (Å²) in [6.45, 7) is 3.41. The van der Waals surface area contributed by atoms with Crippen LogP contribution in [0.25, 0.3) is 0 Å². The molecule has 0 aromatic carbocycles. The predicted octanol–water partition coefficient (Wildman–Crippen LogP) is 6.71. The molecule has 0 radical (unpaired) electrons. The SMILES string of the molecule is CCCCCCCCCCCCC(CCCn1ccnc1)SC. The van der Waals surface area contributed by atoms with E-state index in [1.165, 1.54) is 83.5 Å². The minimum atomic E-state index is 0.854. The number of aromatic nitrogens is 2. The molecule has 0 fully saturated rings. The van der Waals surface area contributed by atoms with Crippen molar-refractivity contribution in [3.8, 4) is 0 Å². The lowest BCUT2D eigenvalue weighted by Gasteiger charge is -2.14. The number of unbranched alkanes of at least 4 members (excludes halogenated alkanes) is 9. The van der Waals surface area contributed by atoms with Gasteiger partial charge in [-0.1, -0.05) is 71.1 Å². The van der Waals surface area contributed by atoms with E-state index >= 15 is 0 Å². The first-order valence-corrected chi connectivity index (χ1v) is 11.1. The number of aryl methyl sites for hydroxylation is 1. The average molecular weight is 339 g/mol. The number of rotatable bonds is 16. The Morgan fingerprint density at radius 1 is 0.870 bits per heavy atom. The Morgan fingerprint density at radius 3 is 2.04 bits per heavy atom. The van der Waals surface area contributed by atoms with Gasteiger partial charge in [-0.3, -0.25) is 0 Å². The molecule has 1 unspecified atom stereocenters. The van der Waals surface area contributed by atoms with E-state index in [2.05, 4.69) is 40.7 Å². The van der Waals surface area contributed by atoms with E-state index in [9.17, 15) is 0 Å². The van der Waals surface area contributed by atoms with Crippen molar-refractivity contribution >= 4 is 11.8 Å². The molecule has 0 aliphatic rings. The lowest BCUT2D eigenvalue weighted by atomic mass is 10.0. The number of hydrogen-bond donors (Lipinski definition) is 0. The second-order valence-corrected chi connectivity index (χ2v) is 7.91. The predicted molar refractivity (Wildman–Crippen MR) is 105 cm³/mol. The Bertz CT molecular complexity index is 337. The summed E-state index contributed by atoms with van der Waals surface area (Å²) in [7, 11) is 0. The highest BCUT2D eigenvalue weighted by atomic mass is 32.2. The van der Waals surface area contributed by atoms with Gasteiger partial charge in [0.05, 0.1) is 6.33 Å². The molecule has 2 nitrogen and oxygen atoms in total. The van der Waals surface area contributed by atoms with Gasteiger partial charge in [-0.05, 0) is 25.5 Å². The highest BCUT2D eigenvalue weighted by Gasteiger charge is 2.06. The van der Waals surface area contributed by atoms with Gasteiger partial charge in [0, 0.05) is 24.2 Å². The van der Waals surface area contributed by atoms with Crippen LogP contribution in [-0.2, 0) is 6.54 Å². The first kappa shape index (κ1) is 20.6. The highest BCUT2D eigenvalue weighted by Crippen LogP contribution is 2.21. The zero-order valence-corrected chi connectivity index (χ0v) is 16.3. The van der Waals surface area contributed by atoms with Crippen LogP contribution in [0.1, 0.15) is 90.4 Å². The molecule has 0 spiro atoms. The minimum Gasteiger partial charge on any atom is -0.337 e. The number of nitrogens with zero attached hydrogens (tertiary/aromatic N) is 2. The fourth-order valence-electron chi connectivity index (χ4n) is 3.16. The Morgan fingerprint density at radius 2 is 1.48 bits per heavy atom. The fourth-order valence-corrected chi connectivity index (χ4v) is 3.96. The normalized spacial score (nSPS) is 12.6. The summed E-state index contributed by atoms with van der Waals surface area (Å²) < 4.78 is 2.19. The molecule has 0 N–H and O–H groups in total. The van der Waals surface area contributed by atoms with Crippen molar-refractivity contribution < 1.29 is 0 Å². The van der Waals surface area contributed by atoms with Gasteiger partial charge in [-0.2, -0.15) is 11.8 Å². The molecule has 0 amide bonds. The molecular formula is C20H38N2S. The summed E-state index contributed by atoms with van der Waals surface area (Å²) in [5, 5.41) is 0.854. The topological polar surface area (TPSA) is 17.8 Å². The molecule has 134 valence electrons. The van der Waals surface area contributed by atoms with Gasteiger partial charge in [0.15, 0.2) is 0 Å². The number of imidazole rings is 1. The minimum absolute atomic E-state index is 0.854. The van der Waals surface area contributed by atoms with Crippen LogP contribution < -0.4 is 0 Å². The average Bonchev–Trinajstić information content (AvgIpc) is 3.08. The molecular weight excluding hydrogens is 300 g/mol. The summed E-state index contributed by atoms with van der Waals surface area (Å²) >= 11 is 2.06. The van der Waals surface area contributed by atoms with E-state index in [1.54, 1.807) is 0 Å². The van der Waals surface area contributed by atoms with E-state index in [-0.39, 0.29) is 0 Å².